The Morgan fingerprint density at radius 3 is 2.40 bits per heavy atom. The number of benzene rings is 2. The molecule has 2 amide bonds. The average Bonchev–Trinajstić information content (AvgIpc) is 3.48. The van der Waals surface area contributed by atoms with Crippen LogP contribution >= 0.6 is 0 Å². The van der Waals surface area contributed by atoms with Gasteiger partial charge in [-0.2, -0.15) is 0 Å². The number of amides is 2. The first kappa shape index (κ1) is 23.4. The Kier molecular flexibility index (Phi) is 6.72. The molecule has 2 aliphatic heterocycles. The number of carbonyl (C=O) groups is 3. The van der Waals surface area contributed by atoms with Crippen molar-refractivity contribution in [3.63, 3.8) is 0 Å². The van der Waals surface area contributed by atoms with Crippen LogP contribution in [0.4, 0.5) is 4.79 Å². The van der Waals surface area contributed by atoms with Crippen molar-refractivity contribution in [3.05, 3.63) is 59.7 Å². The molecule has 0 bridgehead atoms. The van der Waals surface area contributed by atoms with Gasteiger partial charge in [0.05, 0.1) is 5.92 Å². The van der Waals surface area contributed by atoms with Gasteiger partial charge >= 0.3 is 12.1 Å². The van der Waals surface area contributed by atoms with Gasteiger partial charge in [-0.15, -0.1) is 0 Å². The van der Waals surface area contributed by atoms with Crippen LogP contribution < -0.4 is 5.32 Å². The Hall–Kier alpha value is -3.39. The first-order chi connectivity index (χ1) is 17.0. The third-order valence-corrected chi connectivity index (χ3v) is 7.39. The molecule has 2 aromatic rings. The second-order valence-corrected chi connectivity index (χ2v) is 9.51. The lowest BCUT2D eigenvalue weighted by atomic mass is 9.95. The molecule has 5 rings (SSSR count). The van der Waals surface area contributed by atoms with E-state index >= 15 is 0 Å². The van der Waals surface area contributed by atoms with E-state index in [2.05, 4.69) is 29.6 Å². The van der Waals surface area contributed by atoms with E-state index in [4.69, 9.17) is 9.47 Å². The SMILES string of the molecule is O=C(NCC1CCOC1C(=O)N1CCC[C@@H](C(=O)O)C1)OCC1c2ccccc2-c2ccccc21. The first-order valence-corrected chi connectivity index (χ1v) is 12.2. The highest BCUT2D eigenvalue weighted by Gasteiger charge is 2.39. The van der Waals surface area contributed by atoms with Gasteiger partial charge in [-0.25, -0.2) is 4.79 Å². The molecule has 2 saturated heterocycles. The fraction of sp³-hybridized carbons (Fsp3) is 0.444. The van der Waals surface area contributed by atoms with E-state index in [1.54, 1.807) is 4.90 Å². The molecule has 0 aromatic heterocycles. The fourth-order valence-electron chi connectivity index (χ4n) is 5.54. The summed E-state index contributed by atoms with van der Waals surface area (Å²) in [4.78, 5) is 38.5. The van der Waals surface area contributed by atoms with Crippen molar-refractivity contribution < 1.29 is 29.0 Å². The van der Waals surface area contributed by atoms with Gasteiger partial charge in [-0.3, -0.25) is 9.59 Å². The van der Waals surface area contributed by atoms with Gasteiger partial charge in [0.1, 0.15) is 12.7 Å². The average molecular weight is 479 g/mol. The van der Waals surface area contributed by atoms with E-state index in [1.807, 2.05) is 24.3 Å². The van der Waals surface area contributed by atoms with Crippen molar-refractivity contribution in [2.75, 3.05) is 32.8 Å². The molecule has 2 unspecified atom stereocenters. The molecule has 0 saturated carbocycles. The summed E-state index contributed by atoms with van der Waals surface area (Å²) in [6, 6.07) is 16.3. The predicted octanol–water partition coefficient (Wildman–Crippen LogP) is 3.25. The van der Waals surface area contributed by atoms with Gasteiger partial charge in [0.15, 0.2) is 0 Å². The molecule has 8 nitrogen and oxygen atoms in total. The highest BCUT2D eigenvalue weighted by atomic mass is 16.5. The van der Waals surface area contributed by atoms with Crippen LogP contribution in [0, 0.1) is 11.8 Å². The molecule has 3 aliphatic rings. The summed E-state index contributed by atoms with van der Waals surface area (Å²) in [7, 11) is 0. The number of rotatable bonds is 6. The zero-order valence-electron chi connectivity index (χ0n) is 19.5. The van der Waals surface area contributed by atoms with Crippen LogP contribution in [-0.2, 0) is 19.1 Å². The third-order valence-electron chi connectivity index (χ3n) is 7.39. The predicted molar refractivity (Wildman–Crippen MR) is 128 cm³/mol. The van der Waals surface area contributed by atoms with E-state index in [9.17, 15) is 19.5 Å². The van der Waals surface area contributed by atoms with Crippen molar-refractivity contribution in [3.8, 4) is 11.1 Å². The first-order valence-electron chi connectivity index (χ1n) is 12.2. The minimum absolute atomic E-state index is 0.0152. The van der Waals surface area contributed by atoms with Crippen LogP contribution in [0.25, 0.3) is 11.1 Å². The monoisotopic (exact) mass is 478 g/mol. The Balaban J connectivity index is 1.15. The number of fused-ring (bicyclic) bond motifs is 3. The van der Waals surface area contributed by atoms with Gasteiger partial charge < -0.3 is 24.8 Å². The van der Waals surface area contributed by atoms with Crippen molar-refractivity contribution in [1.82, 2.24) is 10.2 Å². The van der Waals surface area contributed by atoms with Crippen LogP contribution in [-0.4, -0.2) is 66.9 Å². The minimum Gasteiger partial charge on any atom is -0.481 e. The maximum absolute atomic E-state index is 13.0. The summed E-state index contributed by atoms with van der Waals surface area (Å²) in [6.45, 7) is 1.68. The second-order valence-electron chi connectivity index (χ2n) is 9.51. The number of alkyl carbamates (subject to hydrolysis) is 1. The van der Waals surface area contributed by atoms with Gasteiger partial charge in [-0.1, -0.05) is 48.5 Å². The zero-order valence-corrected chi connectivity index (χ0v) is 19.5. The van der Waals surface area contributed by atoms with Gasteiger partial charge in [0, 0.05) is 38.1 Å². The number of aliphatic carboxylic acids is 1. The number of piperidine rings is 1. The maximum Gasteiger partial charge on any atom is 0.407 e. The van der Waals surface area contributed by atoms with E-state index in [-0.39, 0.29) is 37.4 Å². The molecule has 0 radical (unpaired) electrons. The maximum atomic E-state index is 13.0. The number of likely N-dealkylation sites (tertiary alicyclic amines) is 1. The number of ether oxygens (including phenoxy) is 2. The highest BCUT2D eigenvalue weighted by Crippen LogP contribution is 2.44. The molecule has 0 spiro atoms. The molecule has 35 heavy (non-hydrogen) atoms. The molecule has 1 aliphatic carbocycles. The number of carboxylic acid groups (broad SMARTS) is 1. The van der Waals surface area contributed by atoms with Crippen molar-refractivity contribution >= 4 is 18.0 Å². The largest absolute Gasteiger partial charge is 0.481 e. The summed E-state index contributed by atoms with van der Waals surface area (Å²) in [5.74, 6) is -1.78. The second kappa shape index (κ2) is 10.1. The fourth-order valence-corrected chi connectivity index (χ4v) is 5.54. The molecule has 2 N–H and O–H groups in total. The van der Waals surface area contributed by atoms with E-state index in [1.165, 1.54) is 11.1 Å². The quantitative estimate of drug-likeness (QED) is 0.660. The molecule has 184 valence electrons. The molecule has 8 heteroatoms. The molecular weight excluding hydrogens is 448 g/mol. The van der Waals surface area contributed by atoms with E-state index < -0.39 is 24.1 Å². The normalized spacial score (nSPS) is 23.4. The molecule has 2 fully saturated rings. The Bertz CT molecular complexity index is 1070. The smallest absolute Gasteiger partial charge is 0.407 e. The van der Waals surface area contributed by atoms with Crippen molar-refractivity contribution in [2.45, 2.75) is 31.3 Å². The van der Waals surface area contributed by atoms with Gasteiger partial charge in [0.25, 0.3) is 5.91 Å². The molecule has 2 heterocycles. The molecular formula is C27H30N2O6. The Morgan fingerprint density at radius 1 is 1.03 bits per heavy atom. The topological polar surface area (TPSA) is 105 Å². The number of carboxylic acids is 1. The van der Waals surface area contributed by atoms with Crippen molar-refractivity contribution in [1.29, 1.82) is 0 Å². The van der Waals surface area contributed by atoms with E-state index in [0.29, 0.717) is 32.4 Å². The summed E-state index contributed by atoms with van der Waals surface area (Å²) in [5.41, 5.74) is 4.64. The minimum atomic E-state index is -0.872. The summed E-state index contributed by atoms with van der Waals surface area (Å²) >= 11 is 0. The summed E-state index contributed by atoms with van der Waals surface area (Å²) in [6.07, 6.45) is 0.705. The summed E-state index contributed by atoms with van der Waals surface area (Å²) < 4.78 is 11.3. The third kappa shape index (κ3) is 4.75. The number of hydrogen-bond acceptors (Lipinski definition) is 5. The molecule has 2 aromatic carbocycles. The lowest BCUT2D eigenvalue weighted by Crippen LogP contribution is -2.49. The van der Waals surface area contributed by atoms with Crippen LogP contribution in [0.1, 0.15) is 36.3 Å². The lowest BCUT2D eigenvalue weighted by Gasteiger charge is -2.33. The standard InChI is InChI=1S/C27H30N2O6/c30-25(29-12-5-6-18(15-29)26(31)32)24-17(11-13-34-24)14-28-27(33)35-16-23-21-9-3-1-7-19(21)20-8-2-4-10-22(20)23/h1-4,7-10,17-18,23-24H,5-6,11-16H2,(H,28,33)(H,31,32)/t17?,18-,24?/m1/s1. The highest BCUT2D eigenvalue weighted by molar-refractivity contribution is 5.83. The van der Waals surface area contributed by atoms with Crippen molar-refractivity contribution in [2.24, 2.45) is 11.8 Å². The zero-order chi connectivity index (χ0) is 24.4. The van der Waals surface area contributed by atoms with Crippen LogP contribution in [0.3, 0.4) is 0 Å². The lowest BCUT2D eigenvalue weighted by molar-refractivity contribution is -0.149. The Labute approximate surface area is 204 Å². The number of carbonyl (C=O) groups excluding carboxylic acids is 2. The van der Waals surface area contributed by atoms with Gasteiger partial charge in [0.2, 0.25) is 0 Å². The number of nitrogens with one attached hydrogen (secondary N) is 1. The molecule has 3 atom stereocenters. The Morgan fingerprint density at radius 2 is 1.71 bits per heavy atom. The number of nitrogens with zero attached hydrogens (tertiary/aromatic N) is 1. The van der Waals surface area contributed by atoms with E-state index in [0.717, 1.165) is 11.1 Å². The van der Waals surface area contributed by atoms with Crippen LogP contribution in [0.5, 0.6) is 0 Å². The van der Waals surface area contributed by atoms with Crippen LogP contribution in [0.2, 0.25) is 0 Å². The van der Waals surface area contributed by atoms with Gasteiger partial charge in [-0.05, 0) is 41.5 Å². The van der Waals surface area contributed by atoms with Crippen LogP contribution in [0.15, 0.2) is 48.5 Å². The number of hydrogen-bond donors (Lipinski definition) is 2. The summed E-state index contributed by atoms with van der Waals surface area (Å²) in [5, 5.41) is 12.1.